The highest BCUT2D eigenvalue weighted by Crippen LogP contribution is 2.30. The van der Waals surface area contributed by atoms with Crippen LogP contribution < -0.4 is 5.73 Å². The summed E-state index contributed by atoms with van der Waals surface area (Å²) in [6.07, 6.45) is 4.71. The van der Waals surface area contributed by atoms with Crippen LogP contribution in [0.5, 0.6) is 0 Å². The minimum absolute atomic E-state index is 0.0702. The summed E-state index contributed by atoms with van der Waals surface area (Å²) in [5.74, 6) is 0.0702. The van der Waals surface area contributed by atoms with Crippen molar-refractivity contribution < 1.29 is 9.53 Å². The molecule has 1 aliphatic heterocycles. The monoisotopic (exact) mass is 274 g/mol. The fourth-order valence-corrected chi connectivity index (χ4v) is 3.47. The third-order valence-corrected chi connectivity index (χ3v) is 4.51. The number of anilines is 1. The Hall–Kier alpha value is -1.55. The second kappa shape index (κ2) is 5.44. The molecule has 1 aromatic carbocycles. The molecule has 4 nitrogen and oxygen atoms in total. The number of aryl methyl sites for hydroxylation is 1. The number of morpholine rings is 1. The van der Waals surface area contributed by atoms with Gasteiger partial charge in [-0.05, 0) is 31.4 Å². The standard InChI is InChI=1S/C16H22N2O2/c1-11-5-4-6-12(17)15(11)16(19)18-9-10-20-14-8-3-2-7-13(14)18/h4-6,13-14H,2-3,7-10,17H2,1H3. The molecule has 108 valence electrons. The summed E-state index contributed by atoms with van der Waals surface area (Å²) >= 11 is 0. The molecule has 0 radical (unpaired) electrons. The van der Waals surface area contributed by atoms with Gasteiger partial charge in [-0.15, -0.1) is 0 Å². The van der Waals surface area contributed by atoms with Crippen LogP contribution in [-0.4, -0.2) is 36.1 Å². The van der Waals surface area contributed by atoms with E-state index in [1.54, 1.807) is 6.07 Å². The van der Waals surface area contributed by atoms with Crippen molar-refractivity contribution in [2.24, 2.45) is 0 Å². The molecule has 1 amide bonds. The van der Waals surface area contributed by atoms with Gasteiger partial charge in [-0.3, -0.25) is 4.79 Å². The maximum absolute atomic E-state index is 12.9. The Morgan fingerprint density at radius 2 is 2.15 bits per heavy atom. The zero-order valence-electron chi connectivity index (χ0n) is 12.0. The fraction of sp³-hybridized carbons (Fsp3) is 0.562. The van der Waals surface area contributed by atoms with Gasteiger partial charge < -0.3 is 15.4 Å². The van der Waals surface area contributed by atoms with Gasteiger partial charge in [-0.2, -0.15) is 0 Å². The molecule has 2 atom stereocenters. The number of hydrogen-bond donors (Lipinski definition) is 1. The number of amides is 1. The van der Waals surface area contributed by atoms with Crippen molar-refractivity contribution in [2.45, 2.75) is 44.8 Å². The molecule has 1 heterocycles. The van der Waals surface area contributed by atoms with Gasteiger partial charge in [0.2, 0.25) is 0 Å². The molecule has 0 spiro atoms. The number of fused-ring (bicyclic) bond motifs is 1. The molecule has 4 heteroatoms. The first kappa shape index (κ1) is 13.4. The average Bonchev–Trinajstić information content (AvgIpc) is 2.46. The number of carbonyl (C=O) groups excluding carboxylic acids is 1. The molecule has 0 bridgehead atoms. The van der Waals surface area contributed by atoms with E-state index < -0.39 is 0 Å². The van der Waals surface area contributed by atoms with E-state index >= 15 is 0 Å². The quantitative estimate of drug-likeness (QED) is 0.800. The van der Waals surface area contributed by atoms with Gasteiger partial charge in [0.15, 0.2) is 0 Å². The second-order valence-corrected chi connectivity index (χ2v) is 5.80. The topological polar surface area (TPSA) is 55.6 Å². The number of nitrogens with two attached hydrogens (primary N) is 1. The lowest BCUT2D eigenvalue weighted by atomic mass is 9.89. The lowest BCUT2D eigenvalue weighted by Gasteiger charge is -2.44. The molecule has 2 aliphatic rings. The minimum Gasteiger partial charge on any atom is -0.398 e. The summed E-state index contributed by atoms with van der Waals surface area (Å²) in [6.45, 7) is 3.26. The number of nitrogens with zero attached hydrogens (tertiary/aromatic N) is 1. The molecular weight excluding hydrogens is 252 g/mol. The van der Waals surface area contributed by atoms with E-state index in [1.165, 1.54) is 12.8 Å². The number of carbonyl (C=O) groups is 1. The van der Waals surface area contributed by atoms with Crippen molar-refractivity contribution >= 4 is 11.6 Å². The molecule has 2 unspecified atom stereocenters. The summed E-state index contributed by atoms with van der Waals surface area (Å²) < 4.78 is 5.83. The Kier molecular flexibility index (Phi) is 3.66. The van der Waals surface area contributed by atoms with Gasteiger partial charge in [-0.25, -0.2) is 0 Å². The molecule has 2 N–H and O–H groups in total. The third-order valence-electron chi connectivity index (χ3n) is 4.51. The van der Waals surface area contributed by atoms with Crippen molar-refractivity contribution in [1.82, 2.24) is 4.90 Å². The van der Waals surface area contributed by atoms with Crippen LogP contribution in [0.2, 0.25) is 0 Å². The first-order chi connectivity index (χ1) is 9.68. The summed E-state index contributed by atoms with van der Waals surface area (Å²) in [4.78, 5) is 14.9. The van der Waals surface area contributed by atoms with Crippen LogP contribution in [0.3, 0.4) is 0 Å². The molecule has 1 saturated carbocycles. The normalized spacial score (nSPS) is 26.1. The molecule has 1 saturated heterocycles. The fourth-order valence-electron chi connectivity index (χ4n) is 3.47. The van der Waals surface area contributed by atoms with Gasteiger partial charge in [-0.1, -0.05) is 25.0 Å². The number of benzene rings is 1. The highest BCUT2D eigenvalue weighted by atomic mass is 16.5. The van der Waals surface area contributed by atoms with Gasteiger partial charge in [0, 0.05) is 12.2 Å². The largest absolute Gasteiger partial charge is 0.398 e. The van der Waals surface area contributed by atoms with Crippen LogP contribution in [0, 0.1) is 6.92 Å². The highest BCUT2D eigenvalue weighted by Gasteiger charge is 2.37. The predicted octanol–water partition coefficient (Wildman–Crippen LogP) is 2.36. The van der Waals surface area contributed by atoms with Gasteiger partial charge in [0.25, 0.3) is 5.91 Å². The summed E-state index contributed by atoms with van der Waals surface area (Å²) in [5.41, 5.74) is 8.21. The molecule has 1 aromatic rings. The number of nitrogen functional groups attached to an aromatic ring is 1. The van der Waals surface area contributed by atoms with Crippen molar-refractivity contribution in [2.75, 3.05) is 18.9 Å². The number of hydrogen-bond acceptors (Lipinski definition) is 3. The Balaban J connectivity index is 1.89. The smallest absolute Gasteiger partial charge is 0.256 e. The first-order valence-corrected chi connectivity index (χ1v) is 7.46. The lowest BCUT2D eigenvalue weighted by Crippen LogP contribution is -2.55. The van der Waals surface area contributed by atoms with Crippen molar-refractivity contribution in [3.63, 3.8) is 0 Å². The maximum atomic E-state index is 12.9. The predicted molar refractivity (Wildman–Crippen MR) is 78.6 cm³/mol. The zero-order chi connectivity index (χ0) is 14.1. The second-order valence-electron chi connectivity index (χ2n) is 5.80. The van der Waals surface area contributed by atoms with Gasteiger partial charge in [0.1, 0.15) is 0 Å². The number of rotatable bonds is 1. The summed E-state index contributed by atoms with van der Waals surface area (Å²) in [5, 5.41) is 0. The Bertz CT molecular complexity index is 493. The molecule has 1 aliphatic carbocycles. The molecule has 0 aromatic heterocycles. The van der Waals surface area contributed by atoms with Crippen molar-refractivity contribution in [3.05, 3.63) is 29.3 Å². The Labute approximate surface area is 119 Å². The summed E-state index contributed by atoms with van der Waals surface area (Å²) in [7, 11) is 0. The first-order valence-electron chi connectivity index (χ1n) is 7.46. The minimum atomic E-state index is 0.0702. The van der Waals surface area contributed by atoms with E-state index in [9.17, 15) is 4.79 Å². The van der Waals surface area contributed by atoms with Gasteiger partial charge in [0.05, 0.1) is 24.3 Å². The van der Waals surface area contributed by atoms with E-state index in [4.69, 9.17) is 10.5 Å². The third kappa shape index (κ3) is 2.29. The van der Waals surface area contributed by atoms with E-state index in [2.05, 4.69) is 0 Å². The van der Waals surface area contributed by atoms with E-state index in [-0.39, 0.29) is 18.1 Å². The Morgan fingerprint density at radius 1 is 1.35 bits per heavy atom. The lowest BCUT2D eigenvalue weighted by molar-refractivity contribution is -0.0752. The molecule has 20 heavy (non-hydrogen) atoms. The zero-order valence-corrected chi connectivity index (χ0v) is 12.0. The average molecular weight is 274 g/mol. The van der Waals surface area contributed by atoms with E-state index in [0.29, 0.717) is 24.4 Å². The molecule has 2 fully saturated rings. The van der Waals surface area contributed by atoms with E-state index in [1.807, 2.05) is 24.0 Å². The van der Waals surface area contributed by atoms with Crippen LogP contribution in [0.1, 0.15) is 41.6 Å². The SMILES string of the molecule is Cc1cccc(N)c1C(=O)N1CCOC2CCCCC21. The van der Waals surface area contributed by atoms with Crippen molar-refractivity contribution in [3.8, 4) is 0 Å². The van der Waals surface area contributed by atoms with E-state index in [0.717, 1.165) is 18.4 Å². The number of ether oxygens (including phenoxy) is 1. The van der Waals surface area contributed by atoms with Crippen LogP contribution in [0.4, 0.5) is 5.69 Å². The summed E-state index contributed by atoms with van der Waals surface area (Å²) in [6, 6.07) is 5.87. The molecular formula is C16H22N2O2. The van der Waals surface area contributed by atoms with Gasteiger partial charge >= 0.3 is 0 Å². The van der Waals surface area contributed by atoms with Crippen molar-refractivity contribution in [1.29, 1.82) is 0 Å². The van der Waals surface area contributed by atoms with Crippen LogP contribution in [0.15, 0.2) is 18.2 Å². The van der Waals surface area contributed by atoms with Crippen LogP contribution in [0.25, 0.3) is 0 Å². The molecule has 3 rings (SSSR count). The van der Waals surface area contributed by atoms with Crippen LogP contribution >= 0.6 is 0 Å². The highest BCUT2D eigenvalue weighted by molar-refractivity contribution is 6.00. The van der Waals surface area contributed by atoms with Crippen LogP contribution in [-0.2, 0) is 4.74 Å². The Morgan fingerprint density at radius 3 is 2.95 bits per heavy atom. The maximum Gasteiger partial charge on any atom is 0.256 e.